The summed E-state index contributed by atoms with van der Waals surface area (Å²) in [6.07, 6.45) is 3.85. The summed E-state index contributed by atoms with van der Waals surface area (Å²) in [4.78, 5) is 6.23. The zero-order valence-electron chi connectivity index (χ0n) is 15.9. The fourth-order valence-electron chi connectivity index (χ4n) is 2.87. The molecule has 0 radical (unpaired) electrons. The van der Waals surface area contributed by atoms with Crippen molar-refractivity contribution in [3.8, 4) is 23.1 Å². The molecule has 156 valence electrons. The molecule has 1 aromatic carbocycles. The largest absolute Gasteiger partial charge is 0.573 e. The lowest BCUT2D eigenvalue weighted by Crippen LogP contribution is -2.28. The molecular formula is C21H23F3N2O3. The molecule has 1 aliphatic rings. The minimum Gasteiger partial charge on any atom is -0.494 e. The normalized spacial score (nSPS) is 14.6. The average Bonchev–Trinajstić information content (AvgIpc) is 2.70. The topological polar surface area (TPSA) is 43.8 Å². The van der Waals surface area contributed by atoms with Crippen molar-refractivity contribution < 1.29 is 27.4 Å². The van der Waals surface area contributed by atoms with Gasteiger partial charge in [0.05, 0.1) is 12.8 Å². The number of hydrogen-bond acceptors (Lipinski definition) is 5. The number of pyridine rings is 1. The van der Waals surface area contributed by atoms with Crippen LogP contribution in [-0.4, -0.2) is 42.5 Å². The summed E-state index contributed by atoms with van der Waals surface area (Å²) in [5.74, 6) is 1.01. The fraction of sp³-hybridized carbons (Fsp3) is 0.381. The minimum absolute atomic E-state index is 0.167. The van der Waals surface area contributed by atoms with Crippen molar-refractivity contribution in [1.82, 2.24) is 9.88 Å². The first-order valence-electron chi connectivity index (χ1n) is 9.48. The van der Waals surface area contributed by atoms with Gasteiger partial charge in [0, 0.05) is 19.2 Å². The van der Waals surface area contributed by atoms with Crippen LogP contribution in [0.25, 0.3) is 0 Å². The molecule has 29 heavy (non-hydrogen) atoms. The molecule has 5 nitrogen and oxygen atoms in total. The van der Waals surface area contributed by atoms with Crippen molar-refractivity contribution in [2.24, 2.45) is 0 Å². The number of halogens is 3. The zero-order valence-corrected chi connectivity index (χ0v) is 15.9. The fourth-order valence-corrected chi connectivity index (χ4v) is 2.87. The van der Waals surface area contributed by atoms with Crippen LogP contribution in [0.1, 0.15) is 19.3 Å². The van der Waals surface area contributed by atoms with Crippen molar-refractivity contribution in [1.29, 1.82) is 0 Å². The maximum atomic E-state index is 12.1. The van der Waals surface area contributed by atoms with Crippen LogP contribution in [0.4, 0.5) is 13.2 Å². The SMILES string of the molecule is FC(F)(F)Oc1ccc(Oc2ccc(OCCCCN3CC=CCC3)cc2)nc1. The Morgan fingerprint density at radius 2 is 1.69 bits per heavy atom. The summed E-state index contributed by atoms with van der Waals surface area (Å²) >= 11 is 0. The third kappa shape index (κ3) is 7.65. The first-order valence-corrected chi connectivity index (χ1v) is 9.48. The highest BCUT2D eigenvalue weighted by Crippen LogP contribution is 2.26. The van der Waals surface area contributed by atoms with Crippen LogP contribution in [0.5, 0.6) is 23.1 Å². The van der Waals surface area contributed by atoms with E-state index in [0.717, 1.165) is 56.9 Å². The van der Waals surface area contributed by atoms with Gasteiger partial charge in [-0.15, -0.1) is 13.2 Å². The van der Waals surface area contributed by atoms with Crippen LogP contribution >= 0.6 is 0 Å². The van der Waals surface area contributed by atoms with Crippen molar-refractivity contribution in [3.63, 3.8) is 0 Å². The average molecular weight is 408 g/mol. The van der Waals surface area contributed by atoms with Gasteiger partial charge in [-0.1, -0.05) is 12.2 Å². The molecule has 0 fully saturated rings. The summed E-state index contributed by atoms with van der Waals surface area (Å²) < 4.78 is 51.5. The van der Waals surface area contributed by atoms with E-state index in [1.165, 1.54) is 6.07 Å². The minimum atomic E-state index is -4.75. The Hall–Kier alpha value is -2.74. The lowest BCUT2D eigenvalue weighted by atomic mass is 10.2. The smallest absolute Gasteiger partial charge is 0.494 e. The molecule has 8 heteroatoms. The van der Waals surface area contributed by atoms with Gasteiger partial charge in [-0.2, -0.15) is 0 Å². The van der Waals surface area contributed by atoms with E-state index in [2.05, 4.69) is 26.8 Å². The van der Waals surface area contributed by atoms with Crippen LogP contribution in [0.15, 0.2) is 54.7 Å². The second-order valence-electron chi connectivity index (χ2n) is 6.57. The lowest BCUT2D eigenvalue weighted by Gasteiger charge is -2.22. The summed E-state index contributed by atoms with van der Waals surface area (Å²) in [5, 5.41) is 0. The van der Waals surface area contributed by atoms with Gasteiger partial charge in [-0.3, -0.25) is 4.90 Å². The van der Waals surface area contributed by atoms with Crippen molar-refractivity contribution in [2.45, 2.75) is 25.6 Å². The van der Waals surface area contributed by atoms with E-state index < -0.39 is 12.1 Å². The Morgan fingerprint density at radius 1 is 0.931 bits per heavy atom. The Balaban J connectivity index is 1.37. The molecule has 0 saturated carbocycles. The molecule has 0 spiro atoms. The van der Waals surface area contributed by atoms with Crippen LogP contribution in [0, 0.1) is 0 Å². The van der Waals surface area contributed by atoms with E-state index in [1.807, 2.05) is 0 Å². The number of ether oxygens (including phenoxy) is 3. The maximum absolute atomic E-state index is 12.1. The molecule has 0 aliphatic carbocycles. The molecule has 0 atom stereocenters. The van der Waals surface area contributed by atoms with Gasteiger partial charge in [-0.05, 0) is 56.1 Å². The van der Waals surface area contributed by atoms with Crippen LogP contribution < -0.4 is 14.2 Å². The Morgan fingerprint density at radius 3 is 2.34 bits per heavy atom. The van der Waals surface area contributed by atoms with Crippen LogP contribution in [-0.2, 0) is 0 Å². The Bertz CT molecular complexity index is 777. The first-order chi connectivity index (χ1) is 14.0. The monoisotopic (exact) mass is 408 g/mol. The van der Waals surface area contributed by atoms with Crippen molar-refractivity contribution >= 4 is 0 Å². The molecule has 0 saturated heterocycles. The van der Waals surface area contributed by atoms with Gasteiger partial charge in [0.2, 0.25) is 5.88 Å². The quantitative estimate of drug-likeness (QED) is 0.422. The zero-order chi connectivity index (χ0) is 20.5. The molecule has 3 rings (SSSR count). The first kappa shape index (κ1) is 21.0. The van der Waals surface area contributed by atoms with E-state index in [9.17, 15) is 13.2 Å². The molecular weight excluding hydrogens is 385 g/mol. The Kier molecular flexibility index (Phi) is 7.35. The predicted octanol–water partition coefficient (Wildman–Crippen LogP) is 5.19. The number of unbranched alkanes of at least 4 members (excludes halogenated alkanes) is 1. The number of alkyl halides is 3. The molecule has 0 N–H and O–H groups in total. The highest BCUT2D eigenvalue weighted by atomic mass is 19.4. The van der Waals surface area contributed by atoms with Gasteiger partial charge in [0.25, 0.3) is 0 Å². The molecule has 1 aromatic heterocycles. The number of rotatable bonds is 9. The second-order valence-corrected chi connectivity index (χ2v) is 6.57. The molecule has 0 amide bonds. The van der Waals surface area contributed by atoms with Gasteiger partial charge < -0.3 is 14.2 Å². The van der Waals surface area contributed by atoms with Crippen LogP contribution in [0.2, 0.25) is 0 Å². The predicted molar refractivity (Wildman–Crippen MR) is 102 cm³/mol. The number of benzene rings is 1. The molecule has 0 unspecified atom stereocenters. The second kappa shape index (κ2) is 10.2. The van der Waals surface area contributed by atoms with E-state index in [1.54, 1.807) is 24.3 Å². The number of nitrogens with zero attached hydrogens (tertiary/aromatic N) is 2. The van der Waals surface area contributed by atoms with E-state index in [4.69, 9.17) is 9.47 Å². The third-order valence-electron chi connectivity index (χ3n) is 4.27. The van der Waals surface area contributed by atoms with Crippen molar-refractivity contribution in [2.75, 3.05) is 26.2 Å². The molecule has 2 heterocycles. The summed E-state index contributed by atoms with van der Waals surface area (Å²) in [7, 11) is 0. The van der Waals surface area contributed by atoms with Gasteiger partial charge >= 0.3 is 6.36 Å². The molecule has 1 aliphatic heterocycles. The highest BCUT2D eigenvalue weighted by molar-refractivity contribution is 5.34. The van der Waals surface area contributed by atoms with E-state index in [0.29, 0.717) is 12.4 Å². The highest BCUT2D eigenvalue weighted by Gasteiger charge is 2.31. The Labute approximate surface area is 167 Å². The maximum Gasteiger partial charge on any atom is 0.573 e. The summed E-state index contributed by atoms with van der Waals surface area (Å²) in [6.45, 7) is 3.90. The van der Waals surface area contributed by atoms with Gasteiger partial charge in [0.1, 0.15) is 17.2 Å². The molecule has 2 aromatic rings. The summed E-state index contributed by atoms with van der Waals surface area (Å²) in [5.41, 5.74) is 0. The van der Waals surface area contributed by atoms with Gasteiger partial charge in [-0.25, -0.2) is 4.98 Å². The van der Waals surface area contributed by atoms with E-state index in [-0.39, 0.29) is 5.88 Å². The lowest BCUT2D eigenvalue weighted by molar-refractivity contribution is -0.274. The number of aromatic nitrogens is 1. The number of hydrogen-bond donors (Lipinski definition) is 0. The van der Waals surface area contributed by atoms with Gasteiger partial charge in [0.15, 0.2) is 0 Å². The summed E-state index contributed by atoms with van der Waals surface area (Å²) in [6, 6.07) is 9.46. The standard InChI is InChI=1S/C21H23F3N2O3/c22-21(23,24)29-19-10-11-20(25-16-19)28-18-8-6-17(7-9-18)27-15-5-4-14-26-12-2-1-3-13-26/h1-2,6-11,16H,3-5,12-15H2. The molecule has 0 bridgehead atoms. The third-order valence-corrected chi connectivity index (χ3v) is 4.27. The van der Waals surface area contributed by atoms with E-state index >= 15 is 0 Å². The van der Waals surface area contributed by atoms with Crippen molar-refractivity contribution in [3.05, 3.63) is 54.7 Å². The van der Waals surface area contributed by atoms with Crippen LogP contribution in [0.3, 0.4) is 0 Å².